The van der Waals surface area contributed by atoms with Crippen LogP contribution in [0.5, 0.6) is 0 Å². The first-order chi connectivity index (χ1) is 8.86. The summed E-state index contributed by atoms with van der Waals surface area (Å²) in [7, 11) is 0. The summed E-state index contributed by atoms with van der Waals surface area (Å²) in [6, 6.07) is 9.90. The van der Waals surface area contributed by atoms with Crippen molar-refractivity contribution >= 4 is 11.6 Å². The minimum absolute atomic E-state index is 0.223. The maximum atomic E-state index is 12.1. The van der Waals surface area contributed by atoms with E-state index in [0.717, 1.165) is 31.6 Å². The second-order valence-corrected chi connectivity index (χ2v) is 4.87. The number of carbonyl (C=O) groups excluding carboxylic acids is 1. The highest BCUT2D eigenvalue weighted by molar-refractivity contribution is 5.80. The summed E-state index contributed by atoms with van der Waals surface area (Å²) in [6.07, 6.45) is 6.14. The summed E-state index contributed by atoms with van der Waals surface area (Å²) >= 11 is 0. The molecule has 0 atom stereocenters. The molecule has 3 nitrogen and oxygen atoms in total. The van der Waals surface area contributed by atoms with Crippen LogP contribution in [0.3, 0.4) is 0 Å². The van der Waals surface area contributed by atoms with Crippen LogP contribution in [0.25, 0.3) is 0 Å². The molecule has 18 heavy (non-hydrogen) atoms. The number of rotatable bonds is 3. The van der Waals surface area contributed by atoms with Gasteiger partial charge in [-0.1, -0.05) is 37.5 Å². The van der Waals surface area contributed by atoms with E-state index >= 15 is 0 Å². The fourth-order valence-electron chi connectivity index (χ4n) is 2.34. The Kier molecular flexibility index (Phi) is 5.06. The van der Waals surface area contributed by atoms with Crippen molar-refractivity contribution in [2.75, 3.05) is 25.0 Å². The molecule has 0 spiro atoms. The normalized spacial score (nSPS) is 16.8. The van der Waals surface area contributed by atoms with Crippen LogP contribution in [0, 0.1) is 0 Å². The van der Waals surface area contributed by atoms with Crippen molar-refractivity contribution in [1.29, 1.82) is 0 Å². The van der Waals surface area contributed by atoms with Gasteiger partial charge in [-0.15, -0.1) is 0 Å². The number of hydrogen-bond donors (Lipinski definition) is 1. The standard InChI is InChI=1S/C15H22N2O/c18-15(13-16-14-9-5-4-6-10-14)17-11-7-2-1-3-8-12-17/h4-6,9-10,16H,1-3,7-8,11-13H2. The SMILES string of the molecule is O=C(CNc1ccccc1)N1CCCCCCC1. The first-order valence-corrected chi connectivity index (χ1v) is 6.93. The van der Waals surface area contributed by atoms with E-state index in [4.69, 9.17) is 0 Å². The quantitative estimate of drug-likeness (QED) is 0.889. The zero-order chi connectivity index (χ0) is 12.6. The van der Waals surface area contributed by atoms with Gasteiger partial charge in [-0.25, -0.2) is 0 Å². The first-order valence-electron chi connectivity index (χ1n) is 6.93. The molecule has 1 amide bonds. The molecule has 1 fully saturated rings. The van der Waals surface area contributed by atoms with Gasteiger partial charge in [0.2, 0.25) is 5.91 Å². The molecule has 1 N–H and O–H groups in total. The number of likely N-dealkylation sites (tertiary alicyclic amines) is 1. The summed E-state index contributed by atoms with van der Waals surface area (Å²) < 4.78 is 0. The van der Waals surface area contributed by atoms with E-state index in [9.17, 15) is 4.79 Å². The van der Waals surface area contributed by atoms with Crippen molar-refractivity contribution in [3.05, 3.63) is 30.3 Å². The van der Waals surface area contributed by atoms with Crippen LogP contribution in [0.1, 0.15) is 32.1 Å². The van der Waals surface area contributed by atoms with Gasteiger partial charge in [0.05, 0.1) is 6.54 Å². The molecule has 2 rings (SSSR count). The largest absolute Gasteiger partial charge is 0.376 e. The fraction of sp³-hybridized carbons (Fsp3) is 0.533. The van der Waals surface area contributed by atoms with Crippen LogP contribution < -0.4 is 5.32 Å². The zero-order valence-electron chi connectivity index (χ0n) is 10.9. The molecule has 1 aromatic rings. The molecule has 0 saturated carbocycles. The lowest BCUT2D eigenvalue weighted by atomic mass is 10.1. The number of nitrogens with one attached hydrogen (secondary N) is 1. The monoisotopic (exact) mass is 246 g/mol. The molecule has 3 heteroatoms. The summed E-state index contributed by atoms with van der Waals surface area (Å²) in [4.78, 5) is 14.1. The summed E-state index contributed by atoms with van der Waals surface area (Å²) in [5, 5.41) is 3.19. The van der Waals surface area contributed by atoms with Crippen LogP contribution in [0.2, 0.25) is 0 Å². The van der Waals surface area contributed by atoms with Crippen molar-refractivity contribution in [1.82, 2.24) is 4.90 Å². The Hall–Kier alpha value is -1.51. The zero-order valence-corrected chi connectivity index (χ0v) is 10.9. The summed E-state index contributed by atoms with van der Waals surface area (Å²) in [5.74, 6) is 0.223. The lowest BCUT2D eigenvalue weighted by molar-refractivity contribution is -0.129. The Labute approximate surface area is 109 Å². The molecular weight excluding hydrogens is 224 g/mol. The van der Waals surface area contributed by atoms with Gasteiger partial charge in [-0.05, 0) is 25.0 Å². The van der Waals surface area contributed by atoms with Gasteiger partial charge in [-0.3, -0.25) is 4.79 Å². The van der Waals surface area contributed by atoms with E-state index in [-0.39, 0.29) is 5.91 Å². The smallest absolute Gasteiger partial charge is 0.241 e. The van der Waals surface area contributed by atoms with Gasteiger partial charge in [0.25, 0.3) is 0 Å². The van der Waals surface area contributed by atoms with Crippen molar-refractivity contribution < 1.29 is 4.79 Å². The third-order valence-electron chi connectivity index (χ3n) is 3.43. The minimum Gasteiger partial charge on any atom is -0.376 e. The maximum Gasteiger partial charge on any atom is 0.241 e. The fourth-order valence-corrected chi connectivity index (χ4v) is 2.34. The van der Waals surface area contributed by atoms with Gasteiger partial charge in [-0.2, -0.15) is 0 Å². The Bertz CT molecular complexity index is 356. The van der Waals surface area contributed by atoms with E-state index < -0.39 is 0 Å². The van der Waals surface area contributed by atoms with E-state index in [1.54, 1.807) is 0 Å². The second-order valence-electron chi connectivity index (χ2n) is 4.87. The van der Waals surface area contributed by atoms with Crippen molar-refractivity contribution in [3.63, 3.8) is 0 Å². The van der Waals surface area contributed by atoms with Gasteiger partial charge in [0.15, 0.2) is 0 Å². The van der Waals surface area contributed by atoms with Gasteiger partial charge >= 0.3 is 0 Å². The number of nitrogens with zero attached hydrogens (tertiary/aromatic N) is 1. The van der Waals surface area contributed by atoms with Crippen LogP contribution in [-0.2, 0) is 4.79 Å². The molecule has 1 aliphatic rings. The molecule has 0 aromatic heterocycles. The second kappa shape index (κ2) is 7.04. The molecule has 0 bridgehead atoms. The molecule has 98 valence electrons. The highest BCUT2D eigenvalue weighted by atomic mass is 16.2. The van der Waals surface area contributed by atoms with Crippen LogP contribution in [-0.4, -0.2) is 30.4 Å². The molecule has 1 aliphatic heterocycles. The predicted molar refractivity (Wildman–Crippen MR) is 74.6 cm³/mol. The van der Waals surface area contributed by atoms with Crippen LogP contribution >= 0.6 is 0 Å². The minimum atomic E-state index is 0.223. The topological polar surface area (TPSA) is 32.3 Å². The third kappa shape index (κ3) is 4.06. The average molecular weight is 246 g/mol. The van der Waals surface area contributed by atoms with Gasteiger partial charge in [0, 0.05) is 18.8 Å². The lowest BCUT2D eigenvalue weighted by Crippen LogP contribution is -2.37. The predicted octanol–water partition coefficient (Wildman–Crippen LogP) is 2.89. The van der Waals surface area contributed by atoms with Crippen molar-refractivity contribution in [2.24, 2.45) is 0 Å². The molecule has 0 unspecified atom stereocenters. The maximum absolute atomic E-state index is 12.1. The Morgan fingerprint density at radius 3 is 2.28 bits per heavy atom. The van der Waals surface area contributed by atoms with Gasteiger partial charge in [0.1, 0.15) is 0 Å². The Morgan fingerprint density at radius 1 is 1.00 bits per heavy atom. The van der Waals surface area contributed by atoms with Crippen molar-refractivity contribution in [2.45, 2.75) is 32.1 Å². The van der Waals surface area contributed by atoms with E-state index in [1.165, 1.54) is 19.3 Å². The average Bonchev–Trinajstić information content (AvgIpc) is 2.37. The number of hydrogen-bond acceptors (Lipinski definition) is 2. The first kappa shape index (κ1) is 12.9. The van der Waals surface area contributed by atoms with E-state index in [2.05, 4.69) is 5.32 Å². The molecule has 1 heterocycles. The molecule has 1 aromatic carbocycles. The number of amides is 1. The number of para-hydroxylation sites is 1. The van der Waals surface area contributed by atoms with E-state index in [1.807, 2.05) is 35.2 Å². The number of carbonyl (C=O) groups is 1. The lowest BCUT2D eigenvalue weighted by Gasteiger charge is -2.25. The van der Waals surface area contributed by atoms with E-state index in [0.29, 0.717) is 6.54 Å². The van der Waals surface area contributed by atoms with Gasteiger partial charge < -0.3 is 10.2 Å². The highest BCUT2D eigenvalue weighted by Gasteiger charge is 2.13. The number of anilines is 1. The Balaban J connectivity index is 1.79. The van der Waals surface area contributed by atoms with Crippen molar-refractivity contribution in [3.8, 4) is 0 Å². The highest BCUT2D eigenvalue weighted by Crippen LogP contribution is 2.11. The molecule has 1 saturated heterocycles. The van der Waals surface area contributed by atoms with Crippen LogP contribution in [0.4, 0.5) is 5.69 Å². The molecule has 0 radical (unpaired) electrons. The summed E-state index contributed by atoms with van der Waals surface area (Å²) in [5.41, 5.74) is 1.01. The molecular formula is C15H22N2O. The Morgan fingerprint density at radius 2 is 1.61 bits per heavy atom. The summed E-state index contributed by atoms with van der Waals surface area (Å²) in [6.45, 7) is 2.26. The van der Waals surface area contributed by atoms with Crippen LogP contribution in [0.15, 0.2) is 30.3 Å². The third-order valence-corrected chi connectivity index (χ3v) is 3.43. The number of benzene rings is 1. The molecule has 0 aliphatic carbocycles.